The van der Waals surface area contributed by atoms with Gasteiger partial charge in [-0.3, -0.25) is 0 Å². The maximum absolute atomic E-state index is 12.9. The van der Waals surface area contributed by atoms with Crippen LogP contribution in [-0.4, -0.2) is 12.0 Å². The van der Waals surface area contributed by atoms with Crippen molar-refractivity contribution in [2.45, 2.75) is 26.5 Å². The first-order valence-electron chi connectivity index (χ1n) is 9.91. The number of para-hydroxylation sites is 2. The van der Waals surface area contributed by atoms with Crippen molar-refractivity contribution in [2.24, 2.45) is 5.41 Å². The van der Waals surface area contributed by atoms with Gasteiger partial charge in [-0.05, 0) is 42.0 Å². The third kappa shape index (κ3) is 5.74. The summed E-state index contributed by atoms with van der Waals surface area (Å²) in [6.45, 7) is 7.95. The molecule has 3 aromatic rings. The topological polar surface area (TPSA) is 47.6 Å². The fourth-order valence-corrected chi connectivity index (χ4v) is 2.93. The quantitative estimate of drug-likeness (QED) is 0.342. The molecule has 0 saturated heterocycles. The molecule has 4 nitrogen and oxygen atoms in total. The summed E-state index contributed by atoms with van der Waals surface area (Å²) in [4.78, 5) is 12.9. The van der Waals surface area contributed by atoms with Crippen molar-refractivity contribution in [3.8, 4) is 11.5 Å². The van der Waals surface area contributed by atoms with Crippen LogP contribution in [0.1, 0.15) is 19.4 Å². The van der Waals surface area contributed by atoms with E-state index in [1.807, 2.05) is 98.8 Å². The van der Waals surface area contributed by atoms with E-state index in [-0.39, 0.29) is 12.6 Å². The van der Waals surface area contributed by atoms with E-state index in [1.54, 1.807) is 6.08 Å². The van der Waals surface area contributed by atoms with E-state index in [2.05, 4.69) is 11.9 Å². The largest absolute Gasteiger partial charge is 0.459 e. The fraction of sp³-hybridized carbons (Fsp3) is 0.192. The minimum atomic E-state index is -0.568. The first-order chi connectivity index (χ1) is 14.5. The molecule has 0 heterocycles. The predicted molar refractivity (Wildman–Crippen MR) is 121 cm³/mol. The van der Waals surface area contributed by atoms with E-state index in [0.717, 1.165) is 17.0 Å². The monoisotopic (exact) mass is 401 g/mol. The number of carbonyl (C=O) groups is 1. The highest BCUT2D eigenvalue weighted by Crippen LogP contribution is 2.27. The van der Waals surface area contributed by atoms with E-state index in [1.165, 1.54) is 0 Å². The number of hydrogen-bond acceptors (Lipinski definition) is 4. The Labute approximate surface area is 178 Å². The molecule has 0 aliphatic heterocycles. The standard InChI is InChI=1S/C26H27NO3/c1-4-26(2,3)24(27-21-13-7-5-8-14-21)25(28)29-19-20-12-11-17-23(18-20)30-22-15-9-6-10-16-22/h4-18,24,27H,1,19H2,2-3H3. The Morgan fingerprint density at radius 3 is 2.27 bits per heavy atom. The molecule has 0 saturated carbocycles. The Balaban J connectivity index is 1.67. The summed E-state index contributed by atoms with van der Waals surface area (Å²) in [6.07, 6.45) is 1.77. The summed E-state index contributed by atoms with van der Waals surface area (Å²) >= 11 is 0. The number of benzene rings is 3. The first-order valence-corrected chi connectivity index (χ1v) is 9.91. The second-order valence-corrected chi connectivity index (χ2v) is 7.64. The Bertz CT molecular complexity index is 968. The molecule has 1 unspecified atom stereocenters. The van der Waals surface area contributed by atoms with Crippen LogP contribution in [-0.2, 0) is 16.1 Å². The molecular weight excluding hydrogens is 374 g/mol. The van der Waals surface area contributed by atoms with Crippen molar-refractivity contribution in [1.29, 1.82) is 0 Å². The highest BCUT2D eigenvalue weighted by atomic mass is 16.5. The van der Waals surface area contributed by atoms with Gasteiger partial charge in [0.05, 0.1) is 0 Å². The SMILES string of the molecule is C=CC(C)(C)C(Nc1ccccc1)C(=O)OCc1cccc(Oc2ccccc2)c1. The number of nitrogens with one attached hydrogen (secondary N) is 1. The van der Waals surface area contributed by atoms with Gasteiger partial charge in [-0.25, -0.2) is 4.79 Å². The zero-order valence-corrected chi connectivity index (χ0v) is 17.4. The summed E-state index contributed by atoms with van der Waals surface area (Å²) in [6, 6.07) is 26.1. The number of hydrogen-bond donors (Lipinski definition) is 1. The average Bonchev–Trinajstić information content (AvgIpc) is 2.77. The summed E-state index contributed by atoms with van der Waals surface area (Å²) in [5.41, 5.74) is 1.21. The van der Waals surface area contributed by atoms with Gasteiger partial charge >= 0.3 is 5.97 Å². The van der Waals surface area contributed by atoms with E-state index >= 15 is 0 Å². The van der Waals surface area contributed by atoms with Crippen LogP contribution in [0.4, 0.5) is 5.69 Å². The van der Waals surface area contributed by atoms with Crippen LogP contribution in [0.3, 0.4) is 0 Å². The summed E-state index contributed by atoms with van der Waals surface area (Å²) in [7, 11) is 0. The Kier molecular flexibility index (Phi) is 6.91. The normalized spacial score (nSPS) is 11.9. The van der Waals surface area contributed by atoms with E-state index < -0.39 is 11.5 Å². The molecule has 1 atom stereocenters. The summed E-state index contributed by atoms with van der Waals surface area (Å²) < 4.78 is 11.5. The van der Waals surface area contributed by atoms with E-state index in [4.69, 9.17) is 9.47 Å². The smallest absolute Gasteiger partial charge is 0.329 e. The van der Waals surface area contributed by atoms with Crippen molar-refractivity contribution < 1.29 is 14.3 Å². The van der Waals surface area contributed by atoms with Crippen LogP contribution in [0.2, 0.25) is 0 Å². The van der Waals surface area contributed by atoms with Crippen molar-refractivity contribution in [3.05, 3.63) is 103 Å². The molecule has 0 amide bonds. The second-order valence-electron chi connectivity index (χ2n) is 7.64. The molecule has 30 heavy (non-hydrogen) atoms. The fourth-order valence-electron chi connectivity index (χ4n) is 2.93. The third-order valence-corrected chi connectivity index (χ3v) is 4.85. The maximum Gasteiger partial charge on any atom is 0.329 e. The van der Waals surface area contributed by atoms with Crippen molar-refractivity contribution in [2.75, 3.05) is 5.32 Å². The van der Waals surface area contributed by atoms with Gasteiger partial charge in [-0.2, -0.15) is 0 Å². The molecule has 0 fully saturated rings. The van der Waals surface area contributed by atoms with Crippen LogP contribution in [0.5, 0.6) is 11.5 Å². The molecular formula is C26H27NO3. The number of ether oxygens (including phenoxy) is 2. The van der Waals surface area contributed by atoms with Crippen LogP contribution in [0.25, 0.3) is 0 Å². The number of esters is 1. The Hall–Kier alpha value is -3.53. The molecule has 0 spiro atoms. The number of rotatable bonds is 9. The maximum atomic E-state index is 12.9. The number of anilines is 1. The molecule has 154 valence electrons. The Morgan fingerprint density at radius 1 is 0.967 bits per heavy atom. The predicted octanol–water partition coefficient (Wildman–Crippen LogP) is 6.22. The van der Waals surface area contributed by atoms with Gasteiger partial charge in [0, 0.05) is 11.1 Å². The van der Waals surface area contributed by atoms with Gasteiger partial charge in [0.15, 0.2) is 0 Å². The zero-order valence-electron chi connectivity index (χ0n) is 17.4. The molecule has 1 N–H and O–H groups in total. The average molecular weight is 402 g/mol. The first kappa shape index (κ1) is 21.2. The summed E-state index contributed by atoms with van der Waals surface area (Å²) in [5, 5.41) is 3.28. The van der Waals surface area contributed by atoms with Crippen LogP contribution in [0.15, 0.2) is 97.6 Å². The molecule has 4 heteroatoms. The highest BCUT2D eigenvalue weighted by Gasteiger charge is 2.34. The lowest BCUT2D eigenvalue weighted by atomic mass is 9.84. The van der Waals surface area contributed by atoms with Gasteiger partial charge in [-0.1, -0.05) is 68.5 Å². The number of carbonyl (C=O) groups excluding carboxylic acids is 1. The highest BCUT2D eigenvalue weighted by molar-refractivity contribution is 5.80. The lowest BCUT2D eigenvalue weighted by molar-refractivity contribution is -0.147. The third-order valence-electron chi connectivity index (χ3n) is 4.85. The molecule has 0 aromatic heterocycles. The van der Waals surface area contributed by atoms with Gasteiger partial charge in [-0.15, -0.1) is 6.58 Å². The van der Waals surface area contributed by atoms with E-state index in [0.29, 0.717) is 5.75 Å². The minimum absolute atomic E-state index is 0.158. The molecule has 0 aliphatic carbocycles. The molecule has 3 rings (SSSR count). The van der Waals surface area contributed by atoms with Crippen LogP contribution >= 0.6 is 0 Å². The van der Waals surface area contributed by atoms with Gasteiger partial charge in [0.2, 0.25) is 0 Å². The lowest BCUT2D eigenvalue weighted by Crippen LogP contribution is -2.42. The van der Waals surface area contributed by atoms with Gasteiger partial charge < -0.3 is 14.8 Å². The van der Waals surface area contributed by atoms with Crippen LogP contribution in [0, 0.1) is 5.41 Å². The van der Waals surface area contributed by atoms with Gasteiger partial charge in [0.1, 0.15) is 24.1 Å². The molecule has 0 aliphatic rings. The van der Waals surface area contributed by atoms with Crippen molar-refractivity contribution in [1.82, 2.24) is 0 Å². The molecule has 0 radical (unpaired) electrons. The van der Waals surface area contributed by atoms with Crippen molar-refractivity contribution >= 4 is 11.7 Å². The lowest BCUT2D eigenvalue weighted by Gasteiger charge is -2.31. The van der Waals surface area contributed by atoms with Crippen LogP contribution < -0.4 is 10.1 Å². The second kappa shape index (κ2) is 9.79. The van der Waals surface area contributed by atoms with E-state index in [9.17, 15) is 4.79 Å². The van der Waals surface area contributed by atoms with Crippen molar-refractivity contribution in [3.63, 3.8) is 0 Å². The Morgan fingerprint density at radius 2 is 1.60 bits per heavy atom. The van der Waals surface area contributed by atoms with Gasteiger partial charge in [0.25, 0.3) is 0 Å². The molecule has 3 aromatic carbocycles. The molecule has 0 bridgehead atoms. The minimum Gasteiger partial charge on any atom is -0.459 e. The summed E-state index contributed by atoms with van der Waals surface area (Å²) in [5.74, 6) is 1.12. The zero-order chi connectivity index (χ0) is 21.4.